The first-order valence-electron chi connectivity index (χ1n) is 11.0. The quantitative estimate of drug-likeness (QED) is 0.702. The van der Waals surface area contributed by atoms with Gasteiger partial charge in [-0.1, -0.05) is 6.92 Å². The Bertz CT molecular complexity index is 833. The highest BCUT2D eigenvalue weighted by molar-refractivity contribution is 5.94. The Morgan fingerprint density at radius 3 is 2.45 bits per heavy atom. The van der Waals surface area contributed by atoms with Crippen molar-refractivity contribution in [3.05, 3.63) is 41.5 Å². The highest BCUT2D eigenvalue weighted by Gasteiger charge is 2.29. The minimum atomic E-state index is 0. The number of anilines is 1. The van der Waals surface area contributed by atoms with Crippen LogP contribution in [0.3, 0.4) is 0 Å². The van der Waals surface area contributed by atoms with Gasteiger partial charge in [0.25, 0.3) is 5.91 Å². The molecule has 4 rings (SSSR count). The molecule has 9 heteroatoms. The zero-order chi connectivity index (χ0) is 20.2. The van der Waals surface area contributed by atoms with Gasteiger partial charge in [-0.05, 0) is 50.5 Å². The minimum absolute atomic E-state index is 0. The maximum atomic E-state index is 13.0. The molecule has 1 fully saturated rings. The van der Waals surface area contributed by atoms with Crippen LogP contribution in [0.15, 0.2) is 24.3 Å². The highest BCUT2D eigenvalue weighted by Crippen LogP contribution is 2.28. The molecule has 1 aromatic carbocycles. The summed E-state index contributed by atoms with van der Waals surface area (Å²) in [6.07, 6.45) is 3.03. The lowest BCUT2D eigenvalue weighted by molar-refractivity contribution is 0.0710. The van der Waals surface area contributed by atoms with Crippen molar-refractivity contribution in [1.82, 2.24) is 25.0 Å². The number of hydrogen-bond donors (Lipinski definition) is 1. The summed E-state index contributed by atoms with van der Waals surface area (Å²) < 4.78 is 2.27. The predicted molar refractivity (Wildman–Crippen MR) is 129 cm³/mol. The number of aromatic nitrogens is 3. The van der Waals surface area contributed by atoms with Crippen LogP contribution in [0, 0.1) is 0 Å². The number of rotatable bonds is 6. The molecule has 3 heterocycles. The van der Waals surface area contributed by atoms with Crippen LogP contribution in [0.1, 0.15) is 61.0 Å². The molecule has 1 saturated heterocycles. The van der Waals surface area contributed by atoms with E-state index in [2.05, 4.69) is 51.0 Å². The van der Waals surface area contributed by atoms with Gasteiger partial charge < -0.3 is 19.7 Å². The Labute approximate surface area is 197 Å². The maximum absolute atomic E-state index is 13.0. The van der Waals surface area contributed by atoms with E-state index in [0.29, 0.717) is 5.92 Å². The normalized spacial score (nSPS) is 16.1. The maximum Gasteiger partial charge on any atom is 0.253 e. The number of likely N-dealkylation sites (tertiary alicyclic amines) is 1. The summed E-state index contributed by atoms with van der Waals surface area (Å²) in [7, 11) is 0. The molecule has 1 aromatic heterocycles. The van der Waals surface area contributed by atoms with Crippen LogP contribution in [0.2, 0.25) is 0 Å². The molecule has 0 aliphatic carbocycles. The van der Waals surface area contributed by atoms with Crippen LogP contribution in [0.5, 0.6) is 0 Å². The molecular weight excluding hydrogens is 435 g/mol. The average molecular weight is 469 g/mol. The van der Waals surface area contributed by atoms with Gasteiger partial charge in [0, 0.05) is 56.4 Å². The summed E-state index contributed by atoms with van der Waals surface area (Å²) in [5.74, 6) is 2.68. The number of fused-ring (bicyclic) bond motifs is 1. The first-order valence-corrected chi connectivity index (χ1v) is 11.0. The Kier molecular flexibility index (Phi) is 9.59. The van der Waals surface area contributed by atoms with Crippen molar-refractivity contribution >= 4 is 36.4 Å². The van der Waals surface area contributed by atoms with E-state index in [9.17, 15) is 4.79 Å². The monoisotopic (exact) mass is 468 g/mol. The minimum Gasteiger partial charge on any atom is -0.372 e. The third-order valence-electron chi connectivity index (χ3n) is 6.15. The van der Waals surface area contributed by atoms with Crippen LogP contribution >= 0.6 is 24.8 Å². The fourth-order valence-electron chi connectivity index (χ4n) is 4.49. The predicted octanol–water partition coefficient (Wildman–Crippen LogP) is 3.48. The smallest absolute Gasteiger partial charge is 0.253 e. The topological polar surface area (TPSA) is 66.3 Å². The van der Waals surface area contributed by atoms with E-state index in [0.717, 1.165) is 82.3 Å². The van der Waals surface area contributed by atoms with Crippen LogP contribution in [-0.2, 0) is 13.1 Å². The third-order valence-corrected chi connectivity index (χ3v) is 6.15. The SMILES string of the molecule is CCCN(CC)c1ccc(C(=O)N2CCC(c3nnc4n3CCNC4)CC2)cc1.Cl.Cl. The molecule has 0 atom stereocenters. The van der Waals surface area contributed by atoms with Crippen molar-refractivity contribution in [2.45, 2.75) is 52.1 Å². The summed E-state index contributed by atoms with van der Waals surface area (Å²) in [6, 6.07) is 8.11. The summed E-state index contributed by atoms with van der Waals surface area (Å²) in [5, 5.41) is 12.1. The third kappa shape index (κ3) is 5.51. The molecule has 2 aromatic rings. The number of nitrogens with one attached hydrogen (secondary N) is 1. The van der Waals surface area contributed by atoms with Crippen molar-refractivity contribution in [3.8, 4) is 0 Å². The van der Waals surface area contributed by atoms with Crippen molar-refractivity contribution in [3.63, 3.8) is 0 Å². The van der Waals surface area contributed by atoms with Crippen molar-refractivity contribution in [2.75, 3.05) is 37.6 Å². The van der Waals surface area contributed by atoms with Gasteiger partial charge in [-0.25, -0.2) is 0 Å². The van der Waals surface area contributed by atoms with Gasteiger partial charge in [-0.15, -0.1) is 35.0 Å². The van der Waals surface area contributed by atoms with E-state index in [4.69, 9.17) is 0 Å². The number of carbonyl (C=O) groups excluding carboxylic acids is 1. The average Bonchev–Trinajstić information content (AvgIpc) is 3.21. The van der Waals surface area contributed by atoms with E-state index in [1.165, 1.54) is 5.69 Å². The number of carbonyl (C=O) groups is 1. The van der Waals surface area contributed by atoms with Crippen LogP contribution in [0.25, 0.3) is 0 Å². The first-order chi connectivity index (χ1) is 14.2. The van der Waals surface area contributed by atoms with Gasteiger partial charge in [0.15, 0.2) is 0 Å². The van der Waals surface area contributed by atoms with Crippen LogP contribution < -0.4 is 10.2 Å². The molecule has 31 heavy (non-hydrogen) atoms. The second-order valence-electron chi connectivity index (χ2n) is 8.00. The fraction of sp³-hybridized carbons (Fsp3) is 0.591. The van der Waals surface area contributed by atoms with Gasteiger partial charge in [0.1, 0.15) is 11.6 Å². The number of amides is 1. The molecule has 7 nitrogen and oxygen atoms in total. The molecule has 0 radical (unpaired) electrons. The summed E-state index contributed by atoms with van der Waals surface area (Å²) in [4.78, 5) is 17.3. The van der Waals surface area contributed by atoms with Gasteiger partial charge >= 0.3 is 0 Å². The van der Waals surface area contributed by atoms with Crippen molar-refractivity contribution in [1.29, 1.82) is 0 Å². The fourth-order valence-corrected chi connectivity index (χ4v) is 4.49. The lowest BCUT2D eigenvalue weighted by Gasteiger charge is -2.32. The first kappa shape index (κ1) is 25.4. The van der Waals surface area contributed by atoms with Crippen molar-refractivity contribution < 1.29 is 4.79 Å². The van der Waals surface area contributed by atoms with Crippen LogP contribution in [0.4, 0.5) is 5.69 Å². The molecule has 0 saturated carbocycles. The molecule has 2 aliphatic rings. The van der Waals surface area contributed by atoms with E-state index in [1.807, 2.05) is 17.0 Å². The zero-order valence-corrected chi connectivity index (χ0v) is 20.1. The Hall–Kier alpha value is -1.83. The summed E-state index contributed by atoms with van der Waals surface area (Å²) in [6.45, 7) is 10.7. The molecule has 0 bridgehead atoms. The standard InChI is InChI=1S/C22H32N6O.2ClH/c1-3-12-26(4-2)19-7-5-18(6-8-19)22(29)27-13-9-17(10-14-27)21-25-24-20-16-23-11-15-28(20)21;;/h5-8,17,23H,3-4,9-16H2,1-2H3;2*1H. The largest absolute Gasteiger partial charge is 0.372 e. The number of nitrogens with zero attached hydrogens (tertiary/aromatic N) is 5. The molecule has 0 spiro atoms. The molecular formula is C22H34Cl2N6O. The molecule has 0 unspecified atom stereocenters. The molecule has 1 amide bonds. The lowest BCUT2D eigenvalue weighted by Crippen LogP contribution is -2.39. The second-order valence-corrected chi connectivity index (χ2v) is 8.00. The van der Waals surface area contributed by atoms with E-state index in [1.54, 1.807) is 0 Å². The lowest BCUT2D eigenvalue weighted by atomic mass is 9.95. The van der Waals surface area contributed by atoms with Gasteiger partial charge in [0.05, 0.1) is 6.54 Å². The number of piperidine rings is 1. The van der Waals surface area contributed by atoms with Gasteiger partial charge in [-0.2, -0.15) is 0 Å². The second kappa shape index (κ2) is 11.7. The van der Waals surface area contributed by atoms with E-state index < -0.39 is 0 Å². The molecule has 2 aliphatic heterocycles. The Morgan fingerprint density at radius 2 is 1.81 bits per heavy atom. The van der Waals surface area contributed by atoms with Gasteiger partial charge in [0.2, 0.25) is 0 Å². The zero-order valence-electron chi connectivity index (χ0n) is 18.4. The summed E-state index contributed by atoms with van der Waals surface area (Å²) >= 11 is 0. The van der Waals surface area contributed by atoms with Crippen LogP contribution in [-0.4, -0.2) is 58.3 Å². The number of halogens is 2. The Morgan fingerprint density at radius 1 is 1.10 bits per heavy atom. The number of benzene rings is 1. The van der Waals surface area contributed by atoms with Crippen molar-refractivity contribution in [2.24, 2.45) is 0 Å². The van der Waals surface area contributed by atoms with Gasteiger partial charge in [-0.3, -0.25) is 4.79 Å². The van der Waals surface area contributed by atoms with E-state index >= 15 is 0 Å². The number of hydrogen-bond acceptors (Lipinski definition) is 5. The van der Waals surface area contributed by atoms with E-state index in [-0.39, 0.29) is 30.7 Å². The molecule has 1 N–H and O–H groups in total. The summed E-state index contributed by atoms with van der Waals surface area (Å²) in [5.41, 5.74) is 1.97. The highest BCUT2D eigenvalue weighted by atomic mass is 35.5. The molecule has 172 valence electrons. The Balaban J connectivity index is 0.00000171.